The lowest BCUT2D eigenvalue weighted by Crippen LogP contribution is -2.32. The first-order chi connectivity index (χ1) is 8.33. The molecule has 1 heterocycles. The third-order valence-corrected chi connectivity index (χ3v) is 4.99. The van der Waals surface area contributed by atoms with Gasteiger partial charge in [-0.15, -0.1) is 0 Å². The molecule has 2 unspecified atom stereocenters. The van der Waals surface area contributed by atoms with E-state index in [0.29, 0.717) is 6.04 Å². The third kappa shape index (κ3) is 3.26. The highest BCUT2D eigenvalue weighted by molar-refractivity contribution is 8.00. The van der Waals surface area contributed by atoms with E-state index in [-0.39, 0.29) is 0 Å². The fourth-order valence-electron chi connectivity index (χ4n) is 2.63. The third-order valence-electron chi connectivity index (χ3n) is 3.53. The zero-order valence-electron chi connectivity index (χ0n) is 10.9. The molecule has 0 aromatic heterocycles. The first-order valence-corrected chi connectivity index (χ1v) is 7.78. The van der Waals surface area contributed by atoms with E-state index in [9.17, 15) is 0 Å². The van der Waals surface area contributed by atoms with Crippen molar-refractivity contribution in [3.8, 4) is 0 Å². The molecule has 1 N–H and O–H groups in total. The molecule has 0 saturated carbocycles. The summed E-state index contributed by atoms with van der Waals surface area (Å²) in [5.74, 6) is 1.33. The van der Waals surface area contributed by atoms with Crippen molar-refractivity contribution in [3.63, 3.8) is 0 Å². The van der Waals surface area contributed by atoms with Gasteiger partial charge in [0.25, 0.3) is 0 Å². The molecule has 1 aliphatic heterocycles. The summed E-state index contributed by atoms with van der Waals surface area (Å²) in [6.07, 6.45) is 4.15. The van der Waals surface area contributed by atoms with Crippen LogP contribution in [0, 0.1) is 6.92 Å². The fraction of sp³-hybridized carbons (Fsp3) is 0.600. The van der Waals surface area contributed by atoms with Gasteiger partial charge < -0.3 is 5.32 Å². The summed E-state index contributed by atoms with van der Waals surface area (Å²) in [6.45, 7) is 5.49. The van der Waals surface area contributed by atoms with Gasteiger partial charge in [0.05, 0.1) is 0 Å². The van der Waals surface area contributed by atoms with Crippen molar-refractivity contribution in [2.75, 3.05) is 12.3 Å². The van der Waals surface area contributed by atoms with Crippen molar-refractivity contribution in [1.29, 1.82) is 0 Å². The predicted molar refractivity (Wildman–Crippen MR) is 77.7 cm³/mol. The van der Waals surface area contributed by atoms with Gasteiger partial charge in [0.15, 0.2) is 0 Å². The molecule has 1 aliphatic rings. The van der Waals surface area contributed by atoms with Gasteiger partial charge in [-0.3, -0.25) is 0 Å². The topological polar surface area (TPSA) is 12.0 Å². The maximum atomic E-state index is 3.69. The number of hydrogen-bond donors (Lipinski definition) is 1. The van der Waals surface area contributed by atoms with Gasteiger partial charge in [0.2, 0.25) is 0 Å². The van der Waals surface area contributed by atoms with Crippen LogP contribution in [0.5, 0.6) is 0 Å². The number of aryl methyl sites for hydroxylation is 1. The molecule has 94 valence electrons. The zero-order chi connectivity index (χ0) is 12.1. The molecule has 1 fully saturated rings. The van der Waals surface area contributed by atoms with Gasteiger partial charge in [0.1, 0.15) is 0 Å². The lowest BCUT2D eigenvalue weighted by molar-refractivity contribution is 0.490. The van der Waals surface area contributed by atoms with E-state index in [1.807, 2.05) is 0 Å². The SMILES string of the molecule is CCNC(c1ccccc1C)C1CCCCS1. The molecule has 2 heteroatoms. The maximum Gasteiger partial charge on any atom is 0.0443 e. The lowest BCUT2D eigenvalue weighted by Gasteiger charge is -2.31. The van der Waals surface area contributed by atoms with E-state index in [4.69, 9.17) is 0 Å². The molecule has 0 radical (unpaired) electrons. The van der Waals surface area contributed by atoms with E-state index >= 15 is 0 Å². The first kappa shape index (κ1) is 13.0. The van der Waals surface area contributed by atoms with E-state index in [1.54, 1.807) is 0 Å². The second-order valence-corrected chi connectivity index (χ2v) is 6.14. The number of benzene rings is 1. The summed E-state index contributed by atoms with van der Waals surface area (Å²) in [5.41, 5.74) is 2.92. The average molecular weight is 249 g/mol. The molecule has 1 aromatic rings. The van der Waals surface area contributed by atoms with Gasteiger partial charge >= 0.3 is 0 Å². The van der Waals surface area contributed by atoms with Crippen molar-refractivity contribution >= 4 is 11.8 Å². The van der Waals surface area contributed by atoms with Gasteiger partial charge in [0, 0.05) is 11.3 Å². The van der Waals surface area contributed by atoms with Crippen LogP contribution in [0.2, 0.25) is 0 Å². The van der Waals surface area contributed by atoms with Crippen LogP contribution in [0.4, 0.5) is 0 Å². The molecule has 1 saturated heterocycles. The monoisotopic (exact) mass is 249 g/mol. The Morgan fingerprint density at radius 2 is 2.18 bits per heavy atom. The number of thioether (sulfide) groups is 1. The van der Waals surface area contributed by atoms with Crippen LogP contribution in [0.25, 0.3) is 0 Å². The van der Waals surface area contributed by atoms with Crippen LogP contribution in [0.3, 0.4) is 0 Å². The van der Waals surface area contributed by atoms with Gasteiger partial charge in [-0.25, -0.2) is 0 Å². The maximum absolute atomic E-state index is 3.69. The molecule has 0 spiro atoms. The highest BCUT2D eigenvalue weighted by Gasteiger charge is 2.25. The number of rotatable bonds is 4. The Morgan fingerprint density at radius 3 is 2.82 bits per heavy atom. The molecule has 17 heavy (non-hydrogen) atoms. The highest BCUT2D eigenvalue weighted by Crippen LogP contribution is 2.35. The van der Waals surface area contributed by atoms with Crippen molar-refractivity contribution in [3.05, 3.63) is 35.4 Å². The molecule has 1 nitrogen and oxygen atoms in total. The van der Waals surface area contributed by atoms with Crippen LogP contribution >= 0.6 is 11.8 Å². The summed E-state index contributed by atoms with van der Waals surface area (Å²) >= 11 is 2.15. The van der Waals surface area contributed by atoms with Crippen molar-refractivity contribution in [2.45, 2.75) is 44.4 Å². The minimum Gasteiger partial charge on any atom is -0.309 e. The molecule has 0 amide bonds. The Hall–Kier alpha value is -0.470. The molecule has 0 bridgehead atoms. The van der Waals surface area contributed by atoms with Crippen LogP contribution < -0.4 is 5.32 Å². The standard InChI is InChI=1S/C15H23NS/c1-3-16-15(14-10-6-7-11-17-14)13-9-5-4-8-12(13)2/h4-5,8-9,14-16H,3,6-7,10-11H2,1-2H3. The second kappa shape index (κ2) is 6.46. The minimum atomic E-state index is 0.534. The molecular formula is C15H23NS. The Kier molecular flexibility index (Phi) is 4.93. The van der Waals surface area contributed by atoms with E-state index in [1.165, 1.54) is 36.1 Å². The van der Waals surface area contributed by atoms with Crippen LogP contribution in [0.1, 0.15) is 43.4 Å². The largest absolute Gasteiger partial charge is 0.309 e. The van der Waals surface area contributed by atoms with Crippen LogP contribution in [-0.4, -0.2) is 17.5 Å². The fourth-order valence-corrected chi connectivity index (χ4v) is 4.07. The lowest BCUT2D eigenvalue weighted by atomic mass is 9.95. The smallest absolute Gasteiger partial charge is 0.0443 e. The highest BCUT2D eigenvalue weighted by atomic mass is 32.2. The minimum absolute atomic E-state index is 0.534. The Morgan fingerprint density at radius 1 is 1.35 bits per heavy atom. The van der Waals surface area contributed by atoms with E-state index in [0.717, 1.165) is 11.8 Å². The van der Waals surface area contributed by atoms with Gasteiger partial charge in [-0.2, -0.15) is 11.8 Å². The van der Waals surface area contributed by atoms with E-state index in [2.05, 4.69) is 55.2 Å². The summed E-state index contributed by atoms with van der Waals surface area (Å²) in [5, 5.41) is 4.44. The van der Waals surface area contributed by atoms with Crippen LogP contribution in [0.15, 0.2) is 24.3 Å². The van der Waals surface area contributed by atoms with Crippen LogP contribution in [-0.2, 0) is 0 Å². The quantitative estimate of drug-likeness (QED) is 0.867. The first-order valence-electron chi connectivity index (χ1n) is 6.73. The molecule has 0 aliphatic carbocycles. The van der Waals surface area contributed by atoms with Gasteiger partial charge in [-0.1, -0.05) is 37.6 Å². The van der Waals surface area contributed by atoms with E-state index < -0.39 is 0 Å². The summed E-state index contributed by atoms with van der Waals surface area (Å²) in [7, 11) is 0. The number of nitrogens with one attached hydrogen (secondary N) is 1. The molecule has 2 atom stereocenters. The Bertz CT molecular complexity index is 345. The summed E-state index contributed by atoms with van der Waals surface area (Å²) < 4.78 is 0. The molecular weight excluding hydrogens is 226 g/mol. The van der Waals surface area contributed by atoms with Crippen molar-refractivity contribution < 1.29 is 0 Å². The van der Waals surface area contributed by atoms with Crippen molar-refractivity contribution in [2.24, 2.45) is 0 Å². The number of hydrogen-bond acceptors (Lipinski definition) is 2. The Labute approximate surface area is 109 Å². The predicted octanol–water partition coefficient (Wildman–Crippen LogP) is 3.93. The summed E-state index contributed by atoms with van der Waals surface area (Å²) in [4.78, 5) is 0. The van der Waals surface area contributed by atoms with Gasteiger partial charge in [-0.05, 0) is 43.2 Å². The van der Waals surface area contributed by atoms with Crippen molar-refractivity contribution in [1.82, 2.24) is 5.32 Å². The molecule has 2 rings (SSSR count). The average Bonchev–Trinajstić information content (AvgIpc) is 2.38. The summed E-state index contributed by atoms with van der Waals surface area (Å²) in [6, 6.07) is 9.35. The molecule has 1 aromatic carbocycles. The Balaban J connectivity index is 2.18. The second-order valence-electron chi connectivity index (χ2n) is 4.80. The zero-order valence-corrected chi connectivity index (χ0v) is 11.7. The normalized spacial score (nSPS) is 22.4.